The molecular weight excluding hydrogens is 228 g/mol. The Morgan fingerprint density at radius 3 is 2.76 bits per heavy atom. The summed E-state index contributed by atoms with van der Waals surface area (Å²) in [5, 5.41) is 3.65. The number of likely N-dealkylation sites (tertiary alicyclic amines) is 1. The van der Waals surface area contributed by atoms with E-state index < -0.39 is 0 Å². The van der Waals surface area contributed by atoms with Crippen LogP contribution in [0, 0.1) is 5.92 Å². The van der Waals surface area contributed by atoms with Crippen molar-refractivity contribution >= 4 is 11.8 Å². The lowest BCUT2D eigenvalue weighted by Gasteiger charge is -2.26. The second-order valence-electron chi connectivity index (χ2n) is 5.54. The highest BCUT2D eigenvalue weighted by Crippen LogP contribution is 2.21. The van der Waals surface area contributed by atoms with Crippen LogP contribution in [0.3, 0.4) is 0 Å². The van der Waals surface area contributed by atoms with Crippen molar-refractivity contribution in [1.29, 1.82) is 0 Å². The van der Waals surface area contributed by atoms with Crippen LogP contribution in [0.15, 0.2) is 0 Å². The highest BCUT2D eigenvalue weighted by Gasteiger charge is 2.13. The highest BCUT2D eigenvalue weighted by molar-refractivity contribution is 7.99. The maximum absolute atomic E-state index is 3.65. The molecule has 2 aliphatic heterocycles. The average molecular weight is 256 g/mol. The topological polar surface area (TPSA) is 15.3 Å². The molecule has 0 aromatic rings. The van der Waals surface area contributed by atoms with Crippen molar-refractivity contribution in [3.63, 3.8) is 0 Å². The Balaban J connectivity index is 1.42. The maximum atomic E-state index is 3.65. The fourth-order valence-electron chi connectivity index (χ4n) is 2.89. The zero-order valence-corrected chi connectivity index (χ0v) is 11.9. The number of nitrogens with one attached hydrogen (secondary N) is 1. The van der Waals surface area contributed by atoms with Gasteiger partial charge in [-0.1, -0.05) is 6.42 Å². The van der Waals surface area contributed by atoms with Crippen LogP contribution >= 0.6 is 11.8 Å². The van der Waals surface area contributed by atoms with Gasteiger partial charge in [-0.3, -0.25) is 0 Å². The van der Waals surface area contributed by atoms with Gasteiger partial charge in [0.15, 0.2) is 0 Å². The fourth-order valence-corrected chi connectivity index (χ4v) is 4.04. The van der Waals surface area contributed by atoms with E-state index in [1.165, 1.54) is 82.8 Å². The molecule has 17 heavy (non-hydrogen) atoms. The summed E-state index contributed by atoms with van der Waals surface area (Å²) in [5.41, 5.74) is 0. The van der Waals surface area contributed by atoms with E-state index in [1.54, 1.807) is 0 Å². The van der Waals surface area contributed by atoms with E-state index in [0.717, 1.165) is 5.92 Å². The highest BCUT2D eigenvalue weighted by atomic mass is 32.2. The molecule has 0 radical (unpaired) electrons. The first-order chi connectivity index (χ1) is 8.45. The van der Waals surface area contributed by atoms with Gasteiger partial charge in [-0.15, -0.1) is 0 Å². The zero-order valence-electron chi connectivity index (χ0n) is 11.1. The van der Waals surface area contributed by atoms with Gasteiger partial charge >= 0.3 is 0 Å². The van der Waals surface area contributed by atoms with Crippen LogP contribution in [0.25, 0.3) is 0 Å². The van der Waals surface area contributed by atoms with Gasteiger partial charge in [0.25, 0.3) is 0 Å². The Bertz CT molecular complexity index is 167. The maximum Gasteiger partial charge on any atom is -0.000664 e. The van der Waals surface area contributed by atoms with Crippen LogP contribution in [-0.2, 0) is 0 Å². The van der Waals surface area contributed by atoms with Gasteiger partial charge in [0.05, 0.1) is 0 Å². The molecule has 1 N–H and O–H groups in total. The van der Waals surface area contributed by atoms with Crippen LogP contribution < -0.4 is 5.32 Å². The molecule has 0 saturated carbocycles. The Hall–Kier alpha value is 0.270. The van der Waals surface area contributed by atoms with E-state index >= 15 is 0 Å². The molecule has 2 nitrogen and oxygen atoms in total. The second-order valence-corrected chi connectivity index (χ2v) is 6.69. The standard InChI is InChI=1S/C14H28N2S/c1-2-8-16(9-3-1)10-5-7-15-12-14-6-4-11-17-13-14/h14-15H,1-13H2. The average Bonchev–Trinajstić information content (AvgIpc) is 2.41. The van der Waals surface area contributed by atoms with Crippen molar-refractivity contribution in [3.8, 4) is 0 Å². The molecule has 2 fully saturated rings. The minimum atomic E-state index is 0.948. The molecule has 0 bridgehead atoms. The predicted molar refractivity (Wildman–Crippen MR) is 77.8 cm³/mol. The van der Waals surface area contributed by atoms with E-state index in [1.807, 2.05) is 0 Å². The van der Waals surface area contributed by atoms with Crippen LogP contribution in [0.2, 0.25) is 0 Å². The minimum absolute atomic E-state index is 0.948. The molecule has 2 saturated heterocycles. The summed E-state index contributed by atoms with van der Waals surface area (Å²) in [4.78, 5) is 2.64. The summed E-state index contributed by atoms with van der Waals surface area (Å²) in [7, 11) is 0. The third kappa shape index (κ3) is 5.62. The SMILES string of the molecule is C1CCN(CCCNCC2CCCSC2)CC1. The molecule has 2 rings (SSSR count). The molecular formula is C14H28N2S. The van der Waals surface area contributed by atoms with E-state index in [9.17, 15) is 0 Å². The quantitative estimate of drug-likeness (QED) is 0.736. The van der Waals surface area contributed by atoms with Crippen LogP contribution in [-0.4, -0.2) is 49.1 Å². The first kappa shape index (κ1) is 13.7. The van der Waals surface area contributed by atoms with Crippen LogP contribution in [0.5, 0.6) is 0 Å². The van der Waals surface area contributed by atoms with Crippen LogP contribution in [0.1, 0.15) is 38.5 Å². The van der Waals surface area contributed by atoms with Gasteiger partial charge in [0, 0.05) is 0 Å². The van der Waals surface area contributed by atoms with Crippen LogP contribution in [0.4, 0.5) is 0 Å². The molecule has 0 aromatic carbocycles. The largest absolute Gasteiger partial charge is 0.316 e. The Morgan fingerprint density at radius 1 is 1.12 bits per heavy atom. The van der Waals surface area contributed by atoms with E-state index in [-0.39, 0.29) is 0 Å². The first-order valence-electron chi connectivity index (χ1n) is 7.46. The molecule has 0 spiro atoms. The third-order valence-corrected chi connectivity index (χ3v) is 5.25. The van der Waals surface area contributed by atoms with Gasteiger partial charge in [-0.05, 0) is 82.3 Å². The van der Waals surface area contributed by atoms with Crippen molar-refractivity contribution in [1.82, 2.24) is 10.2 Å². The van der Waals surface area contributed by atoms with Crippen molar-refractivity contribution in [2.24, 2.45) is 5.92 Å². The molecule has 0 amide bonds. The number of rotatable bonds is 6. The van der Waals surface area contributed by atoms with E-state index in [4.69, 9.17) is 0 Å². The fraction of sp³-hybridized carbons (Fsp3) is 1.00. The summed E-state index contributed by atoms with van der Waals surface area (Å²) in [6.45, 7) is 6.48. The van der Waals surface area contributed by atoms with E-state index in [2.05, 4.69) is 22.0 Å². The van der Waals surface area contributed by atoms with Gasteiger partial charge in [-0.2, -0.15) is 11.8 Å². The number of hydrogen-bond donors (Lipinski definition) is 1. The molecule has 3 heteroatoms. The molecule has 0 aromatic heterocycles. The van der Waals surface area contributed by atoms with Crippen molar-refractivity contribution in [2.75, 3.05) is 44.2 Å². The van der Waals surface area contributed by atoms with Gasteiger partial charge < -0.3 is 10.2 Å². The molecule has 1 atom stereocenters. The summed E-state index contributed by atoms with van der Waals surface area (Å²) in [6, 6.07) is 0. The monoisotopic (exact) mass is 256 g/mol. The number of thioether (sulfide) groups is 1. The van der Waals surface area contributed by atoms with Crippen molar-refractivity contribution < 1.29 is 0 Å². The van der Waals surface area contributed by atoms with Gasteiger partial charge in [-0.25, -0.2) is 0 Å². The van der Waals surface area contributed by atoms with Gasteiger partial charge in [0.1, 0.15) is 0 Å². The number of piperidine rings is 1. The Morgan fingerprint density at radius 2 is 2.00 bits per heavy atom. The lowest BCUT2D eigenvalue weighted by Crippen LogP contribution is -2.33. The van der Waals surface area contributed by atoms with Gasteiger partial charge in [0.2, 0.25) is 0 Å². The number of hydrogen-bond acceptors (Lipinski definition) is 3. The minimum Gasteiger partial charge on any atom is -0.316 e. The Labute approximate surface area is 111 Å². The van der Waals surface area contributed by atoms with Crippen molar-refractivity contribution in [3.05, 3.63) is 0 Å². The van der Waals surface area contributed by atoms with E-state index in [0.29, 0.717) is 0 Å². The lowest BCUT2D eigenvalue weighted by molar-refractivity contribution is 0.225. The Kier molecular flexibility index (Phi) is 6.76. The van der Waals surface area contributed by atoms with Crippen molar-refractivity contribution in [2.45, 2.75) is 38.5 Å². The summed E-state index contributed by atoms with van der Waals surface area (Å²) in [6.07, 6.45) is 8.52. The zero-order chi connectivity index (χ0) is 11.8. The first-order valence-corrected chi connectivity index (χ1v) is 8.61. The molecule has 0 aliphatic carbocycles. The number of nitrogens with zero attached hydrogens (tertiary/aromatic N) is 1. The summed E-state index contributed by atoms with van der Waals surface area (Å²) in [5.74, 6) is 3.73. The molecule has 2 heterocycles. The molecule has 2 aliphatic rings. The normalized spacial score (nSPS) is 27.2. The lowest BCUT2D eigenvalue weighted by atomic mass is 10.1. The third-order valence-electron chi connectivity index (χ3n) is 3.96. The smallest absolute Gasteiger partial charge is 0.000664 e. The predicted octanol–water partition coefficient (Wildman–Crippen LogP) is 2.60. The molecule has 100 valence electrons. The molecule has 1 unspecified atom stereocenters. The summed E-state index contributed by atoms with van der Waals surface area (Å²) < 4.78 is 0. The second kappa shape index (κ2) is 8.39. The summed E-state index contributed by atoms with van der Waals surface area (Å²) >= 11 is 2.14.